The highest BCUT2D eigenvalue weighted by atomic mass is 35.5. The molecular formula is C24H32ClN5. The molecule has 0 spiro atoms. The molecule has 1 unspecified atom stereocenters. The van der Waals surface area contributed by atoms with Crippen LogP contribution in [0.5, 0.6) is 0 Å². The normalized spacial score (nSPS) is 13.2. The Morgan fingerprint density at radius 1 is 0.967 bits per heavy atom. The number of hydrogen-bond acceptors (Lipinski definition) is 4. The predicted molar refractivity (Wildman–Crippen MR) is 122 cm³/mol. The fourth-order valence-electron chi connectivity index (χ4n) is 3.74. The van der Waals surface area contributed by atoms with Crippen molar-refractivity contribution in [3.63, 3.8) is 0 Å². The van der Waals surface area contributed by atoms with Gasteiger partial charge < -0.3 is 0 Å². The van der Waals surface area contributed by atoms with Crippen LogP contribution in [0.15, 0.2) is 54.6 Å². The molecule has 0 amide bonds. The number of hydrogen-bond donors (Lipinski definition) is 0. The molecule has 3 rings (SSSR count). The molecule has 1 aromatic heterocycles. The van der Waals surface area contributed by atoms with E-state index < -0.39 is 0 Å². The first-order valence-corrected chi connectivity index (χ1v) is 11.0. The number of nitrogens with zero attached hydrogens (tertiary/aromatic N) is 5. The smallest absolute Gasteiger partial charge is 0.169 e. The molecule has 2 aromatic carbocycles. The third kappa shape index (κ3) is 5.27. The van der Waals surface area contributed by atoms with Crippen LogP contribution in [0.25, 0.3) is 0 Å². The first kappa shape index (κ1) is 22.4. The van der Waals surface area contributed by atoms with E-state index >= 15 is 0 Å². The fraction of sp³-hybridized carbons (Fsp3) is 0.458. The molecule has 1 heterocycles. The van der Waals surface area contributed by atoms with E-state index in [-0.39, 0.29) is 11.6 Å². The summed E-state index contributed by atoms with van der Waals surface area (Å²) in [6, 6.07) is 18.7. The molecule has 1 atom stereocenters. The first-order valence-electron chi connectivity index (χ1n) is 10.6. The van der Waals surface area contributed by atoms with Crippen molar-refractivity contribution in [2.75, 3.05) is 0 Å². The minimum absolute atomic E-state index is 0.0710. The van der Waals surface area contributed by atoms with Gasteiger partial charge in [-0.2, -0.15) is 0 Å². The molecule has 0 saturated heterocycles. The summed E-state index contributed by atoms with van der Waals surface area (Å²) in [5.74, 6) is 1.25. The van der Waals surface area contributed by atoms with E-state index in [9.17, 15) is 0 Å². The van der Waals surface area contributed by atoms with E-state index in [1.54, 1.807) is 0 Å². The summed E-state index contributed by atoms with van der Waals surface area (Å²) in [5.41, 5.74) is 2.34. The number of tetrazole rings is 1. The highest BCUT2D eigenvalue weighted by Gasteiger charge is 2.33. The summed E-state index contributed by atoms with van der Waals surface area (Å²) in [4.78, 5) is 2.47. The standard InChI is InChI=1S/C24H32ClN5/c1-6-24(4,5)30-23(26-27-28-30)22(18(2)3)29(16-19-10-8-7-9-11-19)17-20-12-14-21(25)15-13-20/h7-15,18,22H,6,16-17H2,1-5H3. The average molecular weight is 426 g/mol. The Hall–Kier alpha value is -2.24. The minimum atomic E-state index is -0.148. The highest BCUT2D eigenvalue weighted by molar-refractivity contribution is 6.30. The second kappa shape index (κ2) is 9.71. The van der Waals surface area contributed by atoms with Crippen LogP contribution in [-0.4, -0.2) is 25.1 Å². The summed E-state index contributed by atoms with van der Waals surface area (Å²) in [5, 5.41) is 13.7. The molecule has 0 aliphatic heterocycles. The van der Waals surface area contributed by atoms with Gasteiger partial charge in [-0.05, 0) is 59.9 Å². The Morgan fingerprint density at radius 3 is 2.13 bits per heavy atom. The minimum Gasteiger partial charge on any atom is -0.285 e. The lowest BCUT2D eigenvalue weighted by Gasteiger charge is -2.36. The van der Waals surface area contributed by atoms with Crippen molar-refractivity contribution in [3.05, 3.63) is 76.6 Å². The monoisotopic (exact) mass is 425 g/mol. The van der Waals surface area contributed by atoms with Crippen LogP contribution < -0.4 is 0 Å². The van der Waals surface area contributed by atoms with Gasteiger partial charge in [-0.15, -0.1) is 5.10 Å². The maximum absolute atomic E-state index is 6.12. The van der Waals surface area contributed by atoms with Crippen molar-refractivity contribution in [1.82, 2.24) is 25.1 Å². The zero-order valence-electron chi connectivity index (χ0n) is 18.6. The van der Waals surface area contributed by atoms with E-state index in [0.717, 1.165) is 30.4 Å². The summed E-state index contributed by atoms with van der Waals surface area (Å²) in [6.07, 6.45) is 0.950. The lowest BCUT2D eigenvalue weighted by molar-refractivity contribution is 0.118. The molecule has 6 heteroatoms. The van der Waals surface area contributed by atoms with Crippen molar-refractivity contribution in [1.29, 1.82) is 0 Å². The average Bonchev–Trinajstić information content (AvgIpc) is 3.20. The SMILES string of the molecule is CCC(C)(C)n1nnnc1C(C(C)C)N(Cc1ccccc1)Cc1ccc(Cl)cc1. The summed E-state index contributed by atoms with van der Waals surface area (Å²) in [7, 11) is 0. The third-order valence-electron chi connectivity index (χ3n) is 5.75. The van der Waals surface area contributed by atoms with Crippen LogP contribution in [-0.2, 0) is 18.6 Å². The largest absolute Gasteiger partial charge is 0.285 e. The van der Waals surface area contributed by atoms with Gasteiger partial charge in [0, 0.05) is 18.1 Å². The molecule has 0 saturated carbocycles. The van der Waals surface area contributed by atoms with Crippen LogP contribution >= 0.6 is 11.6 Å². The van der Waals surface area contributed by atoms with Crippen LogP contribution in [0.3, 0.4) is 0 Å². The topological polar surface area (TPSA) is 46.8 Å². The molecule has 0 aliphatic rings. The van der Waals surface area contributed by atoms with E-state index in [4.69, 9.17) is 11.6 Å². The quantitative estimate of drug-likeness (QED) is 0.430. The second-order valence-corrected chi connectivity index (χ2v) is 9.26. The van der Waals surface area contributed by atoms with Crippen molar-refractivity contribution < 1.29 is 0 Å². The van der Waals surface area contributed by atoms with Gasteiger partial charge in [0.05, 0.1) is 11.6 Å². The van der Waals surface area contributed by atoms with Crippen LogP contribution in [0, 0.1) is 5.92 Å². The van der Waals surface area contributed by atoms with E-state index in [1.807, 2.05) is 16.8 Å². The van der Waals surface area contributed by atoms with Crippen molar-refractivity contribution in [3.8, 4) is 0 Å². The summed E-state index contributed by atoms with van der Waals surface area (Å²) >= 11 is 6.12. The maximum atomic E-state index is 6.12. The molecule has 5 nitrogen and oxygen atoms in total. The van der Waals surface area contributed by atoms with Crippen LogP contribution in [0.4, 0.5) is 0 Å². The predicted octanol–water partition coefficient (Wildman–Crippen LogP) is 5.87. The molecule has 3 aromatic rings. The molecule has 160 valence electrons. The van der Waals surface area contributed by atoms with E-state index in [1.165, 1.54) is 11.1 Å². The number of halogens is 1. The second-order valence-electron chi connectivity index (χ2n) is 8.82. The van der Waals surface area contributed by atoms with Gasteiger partial charge in [0.15, 0.2) is 5.82 Å². The summed E-state index contributed by atoms with van der Waals surface area (Å²) in [6.45, 7) is 12.6. The molecule has 0 bridgehead atoms. The van der Waals surface area contributed by atoms with Gasteiger partial charge in [0.2, 0.25) is 0 Å². The van der Waals surface area contributed by atoms with Gasteiger partial charge in [-0.1, -0.05) is 74.8 Å². The van der Waals surface area contributed by atoms with Gasteiger partial charge in [-0.25, -0.2) is 4.68 Å². The molecule has 0 fully saturated rings. The third-order valence-corrected chi connectivity index (χ3v) is 6.00. The van der Waals surface area contributed by atoms with Gasteiger partial charge >= 0.3 is 0 Å². The lowest BCUT2D eigenvalue weighted by Crippen LogP contribution is -2.37. The van der Waals surface area contributed by atoms with Crippen LogP contribution in [0.1, 0.15) is 64.0 Å². The van der Waals surface area contributed by atoms with Gasteiger partial charge in [-0.3, -0.25) is 4.90 Å². The lowest BCUT2D eigenvalue weighted by atomic mass is 9.97. The number of benzene rings is 2. The number of aromatic nitrogens is 4. The Labute approximate surface area is 185 Å². The molecule has 0 radical (unpaired) electrons. The zero-order valence-corrected chi connectivity index (χ0v) is 19.3. The van der Waals surface area contributed by atoms with Gasteiger partial charge in [0.1, 0.15) is 0 Å². The van der Waals surface area contributed by atoms with Gasteiger partial charge in [0.25, 0.3) is 0 Å². The molecule has 0 aliphatic carbocycles. The van der Waals surface area contributed by atoms with E-state index in [0.29, 0.717) is 5.92 Å². The molecule has 30 heavy (non-hydrogen) atoms. The molecule has 0 N–H and O–H groups in total. The number of rotatable bonds is 9. The fourth-order valence-corrected chi connectivity index (χ4v) is 3.86. The van der Waals surface area contributed by atoms with E-state index in [2.05, 4.69) is 97.5 Å². The Morgan fingerprint density at radius 2 is 1.57 bits per heavy atom. The highest BCUT2D eigenvalue weighted by Crippen LogP contribution is 2.33. The zero-order chi connectivity index (χ0) is 21.7. The van der Waals surface area contributed by atoms with Crippen LogP contribution in [0.2, 0.25) is 5.02 Å². The van der Waals surface area contributed by atoms with Crippen molar-refractivity contribution in [2.24, 2.45) is 5.92 Å². The maximum Gasteiger partial charge on any atom is 0.169 e. The van der Waals surface area contributed by atoms with Crippen molar-refractivity contribution >= 4 is 11.6 Å². The molecular weight excluding hydrogens is 394 g/mol. The van der Waals surface area contributed by atoms with Crippen molar-refractivity contribution in [2.45, 2.75) is 65.7 Å². The Kier molecular flexibility index (Phi) is 7.27. The summed E-state index contributed by atoms with van der Waals surface area (Å²) < 4.78 is 2.01. The Bertz CT molecular complexity index is 918. The Balaban J connectivity index is 2.02. The first-order chi connectivity index (χ1) is 14.3.